The van der Waals surface area contributed by atoms with Crippen LogP contribution in [0.25, 0.3) is 0 Å². The molecule has 1 aliphatic heterocycles. The summed E-state index contributed by atoms with van der Waals surface area (Å²) in [7, 11) is 0. The lowest BCUT2D eigenvalue weighted by atomic mass is 10.1. The fourth-order valence-electron chi connectivity index (χ4n) is 3.26. The van der Waals surface area contributed by atoms with Crippen LogP contribution in [0.3, 0.4) is 0 Å². The van der Waals surface area contributed by atoms with Crippen molar-refractivity contribution in [1.82, 2.24) is 5.32 Å². The Morgan fingerprint density at radius 3 is 2.56 bits per heavy atom. The molecule has 0 bridgehead atoms. The highest BCUT2D eigenvalue weighted by Gasteiger charge is 2.35. The molecule has 0 spiro atoms. The minimum atomic E-state index is -0.459. The number of amides is 3. The van der Waals surface area contributed by atoms with E-state index < -0.39 is 5.92 Å². The van der Waals surface area contributed by atoms with E-state index in [9.17, 15) is 14.4 Å². The first-order valence-corrected chi connectivity index (χ1v) is 9.05. The van der Waals surface area contributed by atoms with Crippen LogP contribution in [0.1, 0.15) is 29.3 Å². The number of carbonyl (C=O) groups is 3. The van der Waals surface area contributed by atoms with E-state index in [0.717, 1.165) is 11.3 Å². The van der Waals surface area contributed by atoms with Gasteiger partial charge in [0.05, 0.1) is 17.2 Å². The minimum Gasteiger partial charge on any atom is -0.352 e. The molecule has 0 radical (unpaired) electrons. The van der Waals surface area contributed by atoms with Crippen LogP contribution in [0.5, 0.6) is 0 Å². The van der Waals surface area contributed by atoms with Crippen molar-refractivity contribution in [2.24, 2.45) is 5.92 Å². The van der Waals surface area contributed by atoms with E-state index in [0.29, 0.717) is 24.3 Å². The first-order valence-electron chi connectivity index (χ1n) is 9.05. The highest BCUT2D eigenvalue weighted by atomic mass is 16.2. The zero-order valence-corrected chi connectivity index (χ0v) is 15.5. The monoisotopic (exact) mass is 365 g/mol. The van der Waals surface area contributed by atoms with Crippen molar-refractivity contribution in [3.8, 4) is 0 Å². The lowest BCUT2D eigenvalue weighted by Gasteiger charge is -2.19. The molecular weight excluding hydrogens is 342 g/mol. The number of benzene rings is 2. The smallest absolute Gasteiger partial charge is 0.253 e. The van der Waals surface area contributed by atoms with Crippen LogP contribution < -0.4 is 15.5 Å². The summed E-state index contributed by atoms with van der Waals surface area (Å²) in [5.74, 6) is -1.02. The maximum atomic E-state index is 12.7. The molecule has 3 amide bonds. The molecule has 1 aliphatic rings. The molecule has 3 rings (SSSR count). The van der Waals surface area contributed by atoms with Crippen LogP contribution in [0, 0.1) is 12.8 Å². The lowest BCUT2D eigenvalue weighted by molar-refractivity contribution is -0.122. The van der Waals surface area contributed by atoms with Gasteiger partial charge in [0.25, 0.3) is 5.91 Å². The van der Waals surface area contributed by atoms with Gasteiger partial charge in [0.15, 0.2) is 0 Å². The third-order valence-corrected chi connectivity index (χ3v) is 4.67. The Labute approximate surface area is 158 Å². The van der Waals surface area contributed by atoms with Crippen molar-refractivity contribution in [3.05, 3.63) is 59.7 Å². The number of nitrogens with one attached hydrogen (secondary N) is 2. The number of carbonyl (C=O) groups excluding carboxylic acids is 3. The van der Waals surface area contributed by atoms with Gasteiger partial charge in [-0.1, -0.05) is 30.3 Å². The summed E-state index contributed by atoms with van der Waals surface area (Å²) in [5.41, 5.74) is 2.69. The Morgan fingerprint density at radius 1 is 1.11 bits per heavy atom. The molecule has 2 aromatic carbocycles. The SMILES string of the molecule is CCNC(=O)c1ccccc1NC(=O)[C@@H]1CC(=O)N(c2ccccc2C)C1. The summed E-state index contributed by atoms with van der Waals surface area (Å²) in [6, 6.07) is 14.5. The minimum absolute atomic E-state index is 0.0681. The van der Waals surface area contributed by atoms with Crippen LogP contribution in [-0.4, -0.2) is 30.8 Å². The number of aryl methyl sites for hydroxylation is 1. The van der Waals surface area contributed by atoms with Gasteiger partial charge in [-0.05, 0) is 37.6 Å². The number of hydrogen-bond acceptors (Lipinski definition) is 3. The van der Waals surface area contributed by atoms with Crippen LogP contribution in [-0.2, 0) is 9.59 Å². The van der Waals surface area contributed by atoms with Gasteiger partial charge in [-0.15, -0.1) is 0 Å². The normalized spacial score (nSPS) is 16.3. The van der Waals surface area contributed by atoms with Crippen molar-refractivity contribution >= 4 is 29.1 Å². The third kappa shape index (κ3) is 4.00. The average molecular weight is 365 g/mol. The number of para-hydroxylation sites is 2. The zero-order chi connectivity index (χ0) is 19.4. The van der Waals surface area contributed by atoms with E-state index in [2.05, 4.69) is 10.6 Å². The van der Waals surface area contributed by atoms with Crippen LogP contribution >= 0.6 is 0 Å². The molecule has 0 saturated carbocycles. The Morgan fingerprint density at radius 2 is 1.81 bits per heavy atom. The number of nitrogens with zero attached hydrogens (tertiary/aromatic N) is 1. The number of rotatable bonds is 5. The summed E-state index contributed by atoms with van der Waals surface area (Å²) in [5, 5.41) is 5.55. The second-order valence-corrected chi connectivity index (χ2v) is 6.59. The second-order valence-electron chi connectivity index (χ2n) is 6.59. The van der Waals surface area contributed by atoms with Gasteiger partial charge in [0.2, 0.25) is 11.8 Å². The quantitative estimate of drug-likeness (QED) is 0.855. The predicted octanol–water partition coefficient (Wildman–Crippen LogP) is 2.74. The van der Waals surface area contributed by atoms with E-state index in [1.807, 2.05) is 38.1 Å². The van der Waals surface area contributed by atoms with E-state index in [1.54, 1.807) is 29.2 Å². The highest BCUT2D eigenvalue weighted by Crippen LogP contribution is 2.28. The molecule has 0 unspecified atom stereocenters. The lowest BCUT2D eigenvalue weighted by Crippen LogP contribution is -2.29. The summed E-state index contributed by atoms with van der Waals surface area (Å²) >= 11 is 0. The summed E-state index contributed by atoms with van der Waals surface area (Å²) in [4.78, 5) is 39.0. The molecule has 1 atom stereocenters. The molecule has 2 aromatic rings. The topological polar surface area (TPSA) is 78.5 Å². The van der Waals surface area contributed by atoms with E-state index in [1.165, 1.54) is 0 Å². The first kappa shape index (κ1) is 18.6. The van der Waals surface area contributed by atoms with Crippen molar-refractivity contribution < 1.29 is 14.4 Å². The van der Waals surface area contributed by atoms with E-state index in [-0.39, 0.29) is 24.1 Å². The molecule has 1 heterocycles. The van der Waals surface area contributed by atoms with Gasteiger partial charge in [-0.3, -0.25) is 14.4 Å². The van der Waals surface area contributed by atoms with Gasteiger partial charge in [-0.25, -0.2) is 0 Å². The molecule has 0 aliphatic carbocycles. The standard InChI is InChI=1S/C21H23N3O3/c1-3-22-21(27)16-9-5-6-10-17(16)23-20(26)15-12-19(25)24(13-15)18-11-7-4-8-14(18)2/h4-11,15H,3,12-13H2,1-2H3,(H,22,27)(H,23,26)/t15-/m1/s1. The van der Waals surface area contributed by atoms with Gasteiger partial charge < -0.3 is 15.5 Å². The fourth-order valence-corrected chi connectivity index (χ4v) is 3.26. The molecule has 2 N–H and O–H groups in total. The van der Waals surface area contributed by atoms with Crippen molar-refractivity contribution in [1.29, 1.82) is 0 Å². The highest BCUT2D eigenvalue weighted by molar-refractivity contribution is 6.07. The summed E-state index contributed by atoms with van der Waals surface area (Å²) in [6.07, 6.45) is 0.156. The fraction of sp³-hybridized carbons (Fsp3) is 0.286. The first-order chi connectivity index (χ1) is 13.0. The Hall–Kier alpha value is -3.15. The molecule has 0 aromatic heterocycles. The van der Waals surface area contributed by atoms with Crippen molar-refractivity contribution in [2.45, 2.75) is 20.3 Å². The van der Waals surface area contributed by atoms with E-state index >= 15 is 0 Å². The largest absolute Gasteiger partial charge is 0.352 e. The predicted molar refractivity (Wildman–Crippen MR) is 105 cm³/mol. The van der Waals surface area contributed by atoms with Crippen LogP contribution in [0.2, 0.25) is 0 Å². The Balaban J connectivity index is 1.74. The zero-order valence-electron chi connectivity index (χ0n) is 15.5. The van der Waals surface area contributed by atoms with Gasteiger partial charge >= 0.3 is 0 Å². The number of anilines is 2. The molecule has 1 fully saturated rings. The van der Waals surface area contributed by atoms with Gasteiger partial charge in [0, 0.05) is 25.2 Å². The maximum absolute atomic E-state index is 12.7. The third-order valence-electron chi connectivity index (χ3n) is 4.67. The maximum Gasteiger partial charge on any atom is 0.253 e. The Bertz CT molecular complexity index is 878. The molecule has 6 heteroatoms. The summed E-state index contributed by atoms with van der Waals surface area (Å²) < 4.78 is 0. The van der Waals surface area contributed by atoms with Crippen LogP contribution in [0.4, 0.5) is 11.4 Å². The van der Waals surface area contributed by atoms with Gasteiger partial charge in [0.1, 0.15) is 0 Å². The van der Waals surface area contributed by atoms with E-state index in [4.69, 9.17) is 0 Å². The molecule has 140 valence electrons. The van der Waals surface area contributed by atoms with Gasteiger partial charge in [-0.2, -0.15) is 0 Å². The van der Waals surface area contributed by atoms with Crippen LogP contribution in [0.15, 0.2) is 48.5 Å². The van der Waals surface area contributed by atoms with Crippen molar-refractivity contribution in [2.75, 3.05) is 23.3 Å². The second kappa shape index (κ2) is 8.03. The molecule has 27 heavy (non-hydrogen) atoms. The molecular formula is C21H23N3O3. The summed E-state index contributed by atoms with van der Waals surface area (Å²) in [6.45, 7) is 4.62. The molecule has 1 saturated heterocycles. The Kier molecular flexibility index (Phi) is 5.54. The number of hydrogen-bond donors (Lipinski definition) is 2. The molecule has 6 nitrogen and oxygen atoms in total. The van der Waals surface area contributed by atoms with Crippen molar-refractivity contribution in [3.63, 3.8) is 0 Å². The average Bonchev–Trinajstić information content (AvgIpc) is 3.04.